The number of carbonyl (C=O) groups is 1. The minimum Gasteiger partial charge on any atom is -0.365 e. The van der Waals surface area contributed by atoms with Gasteiger partial charge in [0.15, 0.2) is 0 Å². The molecule has 0 radical (unpaired) electrons. The molecule has 0 saturated carbocycles. The molecule has 1 aliphatic heterocycles. The van der Waals surface area contributed by atoms with Crippen molar-refractivity contribution in [1.29, 1.82) is 0 Å². The summed E-state index contributed by atoms with van der Waals surface area (Å²) in [6, 6.07) is 15.4. The molecule has 0 bridgehead atoms. The summed E-state index contributed by atoms with van der Waals surface area (Å²) < 4.78 is 2.96. The van der Waals surface area contributed by atoms with Crippen LogP contribution in [0.15, 0.2) is 48.5 Å². The molecule has 3 heterocycles. The molecule has 1 fully saturated rings. The van der Waals surface area contributed by atoms with Crippen molar-refractivity contribution in [1.82, 2.24) is 19.7 Å². The second-order valence-corrected chi connectivity index (χ2v) is 9.14. The zero-order valence-electron chi connectivity index (χ0n) is 17.4. The zero-order chi connectivity index (χ0) is 21.5. The van der Waals surface area contributed by atoms with Crippen LogP contribution < -0.4 is 4.90 Å². The molecule has 8 heteroatoms. The Kier molecular flexibility index (Phi) is 5.16. The third-order valence-corrected chi connectivity index (χ3v) is 6.87. The monoisotopic (exact) mass is 451 g/mol. The Labute approximate surface area is 189 Å². The van der Waals surface area contributed by atoms with E-state index in [0.29, 0.717) is 31.2 Å². The maximum atomic E-state index is 12.8. The zero-order valence-corrected chi connectivity index (χ0v) is 19.0. The van der Waals surface area contributed by atoms with Crippen LogP contribution in [0.5, 0.6) is 0 Å². The number of amides is 1. The molecule has 4 aromatic rings. The van der Waals surface area contributed by atoms with E-state index in [9.17, 15) is 4.79 Å². The number of piperazine rings is 1. The number of benzene rings is 2. The van der Waals surface area contributed by atoms with Crippen LogP contribution in [-0.4, -0.2) is 51.8 Å². The van der Waals surface area contributed by atoms with Crippen LogP contribution in [0, 0.1) is 13.8 Å². The van der Waals surface area contributed by atoms with Gasteiger partial charge >= 0.3 is 0 Å². The summed E-state index contributed by atoms with van der Waals surface area (Å²) in [4.78, 5) is 21.8. The van der Waals surface area contributed by atoms with Crippen LogP contribution in [0.2, 0.25) is 5.02 Å². The van der Waals surface area contributed by atoms with Crippen LogP contribution in [0.1, 0.15) is 21.7 Å². The van der Waals surface area contributed by atoms with E-state index in [1.165, 1.54) is 0 Å². The van der Waals surface area contributed by atoms with Crippen molar-refractivity contribution in [3.05, 3.63) is 70.5 Å². The maximum Gasteiger partial charge on any atom is 0.253 e. The van der Waals surface area contributed by atoms with Crippen LogP contribution in [-0.2, 0) is 0 Å². The summed E-state index contributed by atoms with van der Waals surface area (Å²) in [5, 5.41) is 6.09. The number of hydrogen-bond donors (Lipinski definition) is 0. The van der Waals surface area contributed by atoms with Crippen LogP contribution in [0.3, 0.4) is 0 Å². The fourth-order valence-corrected chi connectivity index (χ4v) is 5.31. The van der Waals surface area contributed by atoms with Gasteiger partial charge in [-0.25, -0.2) is 9.67 Å². The van der Waals surface area contributed by atoms with Crippen molar-refractivity contribution < 1.29 is 4.79 Å². The normalized spacial score (nSPS) is 14.4. The molecule has 1 amide bonds. The van der Waals surface area contributed by atoms with Crippen molar-refractivity contribution in [3.63, 3.8) is 0 Å². The molecule has 0 unspecified atom stereocenters. The van der Waals surface area contributed by atoms with E-state index in [-0.39, 0.29) is 5.91 Å². The maximum absolute atomic E-state index is 12.8. The number of thiazole rings is 1. The Morgan fingerprint density at radius 3 is 2.45 bits per heavy atom. The van der Waals surface area contributed by atoms with Crippen molar-refractivity contribution in [2.24, 2.45) is 0 Å². The second-order valence-electron chi connectivity index (χ2n) is 7.72. The van der Waals surface area contributed by atoms with Crippen molar-refractivity contribution >= 4 is 44.7 Å². The van der Waals surface area contributed by atoms with Gasteiger partial charge in [-0.2, -0.15) is 5.10 Å². The first-order chi connectivity index (χ1) is 15.0. The van der Waals surface area contributed by atoms with Gasteiger partial charge in [0.1, 0.15) is 5.52 Å². The Morgan fingerprint density at radius 1 is 1.03 bits per heavy atom. The van der Waals surface area contributed by atoms with E-state index in [1.807, 2.05) is 72.0 Å². The number of halogens is 1. The molecule has 158 valence electrons. The summed E-state index contributed by atoms with van der Waals surface area (Å²) in [6.07, 6.45) is 0. The van der Waals surface area contributed by atoms with Gasteiger partial charge in [0.05, 0.1) is 21.1 Å². The van der Waals surface area contributed by atoms with E-state index >= 15 is 0 Å². The summed E-state index contributed by atoms with van der Waals surface area (Å²) in [6.45, 7) is 6.73. The van der Waals surface area contributed by atoms with Gasteiger partial charge in [-0.3, -0.25) is 4.79 Å². The molecule has 5 rings (SSSR count). The van der Waals surface area contributed by atoms with Crippen LogP contribution >= 0.6 is 22.9 Å². The van der Waals surface area contributed by atoms with E-state index in [2.05, 4.69) is 10.00 Å². The first kappa shape index (κ1) is 20.0. The summed E-state index contributed by atoms with van der Waals surface area (Å²) in [7, 11) is 0. The predicted molar refractivity (Wildman–Crippen MR) is 126 cm³/mol. The minimum atomic E-state index is 0.0741. The fourth-order valence-electron chi connectivity index (χ4n) is 4.05. The third-order valence-electron chi connectivity index (χ3n) is 5.57. The number of anilines is 1. The lowest BCUT2D eigenvalue weighted by atomic mass is 10.1. The number of aromatic nitrogens is 3. The van der Waals surface area contributed by atoms with Crippen molar-refractivity contribution in [3.8, 4) is 5.13 Å². The highest BCUT2D eigenvalue weighted by molar-refractivity contribution is 7.20. The van der Waals surface area contributed by atoms with E-state index < -0.39 is 0 Å². The molecule has 1 saturated heterocycles. The molecule has 0 N–H and O–H groups in total. The van der Waals surface area contributed by atoms with Gasteiger partial charge in [0.25, 0.3) is 5.91 Å². The molecule has 1 aliphatic rings. The van der Waals surface area contributed by atoms with E-state index in [4.69, 9.17) is 16.6 Å². The smallest absolute Gasteiger partial charge is 0.253 e. The number of hydrogen-bond acceptors (Lipinski definition) is 5. The molecule has 2 aromatic heterocycles. The average molecular weight is 452 g/mol. The first-order valence-electron chi connectivity index (χ1n) is 10.2. The summed E-state index contributed by atoms with van der Waals surface area (Å²) in [5.74, 6) is 0.0741. The number of aryl methyl sites for hydroxylation is 2. The fraction of sp³-hybridized carbons (Fsp3) is 0.261. The molecular formula is C23H22ClN5OS. The Balaban J connectivity index is 1.42. The lowest BCUT2D eigenvalue weighted by Crippen LogP contribution is -2.49. The lowest BCUT2D eigenvalue weighted by molar-refractivity contribution is 0.0747. The number of carbonyl (C=O) groups excluding carboxylic acids is 1. The Hall–Kier alpha value is -2.90. The molecule has 0 aliphatic carbocycles. The average Bonchev–Trinajstić information content (AvgIpc) is 3.36. The number of fused-ring (bicyclic) bond motifs is 1. The van der Waals surface area contributed by atoms with E-state index in [1.54, 1.807) is 11.3 Å². The molecule has 6 nitrogen and oxygen atoms in total. The molecule has 0 spiro atoms. The minimum absolute atomic E-state index is 0.0741. The topological polar surface area (TPSA) is 54.3 Å². The summed E-state index contributed by atoms with van der Waals surface area (Å²) in [5.41, 5.74) is 4.58. The largest absolute Gasteiger partial charge is 0.365 e. The van der Waals surface area contributed by atoms with Crippen LogP contribution in [0.4, 0.5) is 5.69 Å². The quantitative estimate of drug-likeness (QED) is 0.452. The van der Waals surface area contributed by atoms with Gasteiger partial charge in [-0.05, 0) is 44.2 Å². The molecule has 2 aromatic carbocycles. The SMILES string of the molecule is Cc1cc(C)n(-c2nc3c(N4CCN(C(=O)c5ccccc5)CC4)c(Cl)ccc3s2)n1. The Bertz CT molecular complexity index is 1260. The van der Waals surface area contributed by atoms with Gasteiger partial charge in [0.2, 0.25) is 5.13 Å². The number of rotatable bonds is 3. The molecule has 31 heavy (non-hydrogen) atoms. The predicted octanol–water partition coefficient (Wildman–Crippen LogP) is 4.71. The highest BCUT2D eigenvalue weighted by atomic mass is 35.5. The third kappa shape index (κ3) is 3.68. The highest BCUT2D eigenvalue weighted by Crippen LogP contribution is 2.38. The molecular weight excluding hydrogens is 430 g/mol. The first-order valence-corrected chi connectivity index (χ1v) is 11.4. The second kappa shape index (κ2) is 7.98. The lowest BCUT2D eigenvalue weighted by Gasteiger charge is -2.36. The van der Waals surface area contributed by atoms with Gasteiger partial charge < -0.3 is 9.80 Å². The summed E-state index contributed by atoms with van der Waals surface area (Å²) >= 11 is 8.25. The van der Waals surface area contributed by atoms with Crippen LogP contribution in [0.25, 0.3) is 15.3 Å². The van der Waals surface area contributed by atoms with Gasteiger partial charge in [0, 0.05) is 37.4 Å². The number of nitrogens with zero attached hydrogens (tertiary/aromatic N) is 5. The van der Waals surface area contributed by atoms with E-state index in [0.717, 1.165) is 38.0 Å². The molecule has 0 atom stereocenters. The Morgan fingerprint density at radius 2 is 1.77 bits per heavy atom. The van der Waals surface area contributed by atoms with Gasteiger partial charge in [-0.15, -0.1) is 0 Å². The highest BCUT2D eigenvalue weighted by Gasteiger charge is 2.26. The van der Waals surface area contributed by atoms with Crippen molar-refractivity contribution in [2.45, 2.75) is 13.8 Å². The standard InChI is InChI=1S/C23H22ClN5OS/c1-15-14-16(2)29(26-15)23-25-20-19(31-23)9-8-18(24)21(20)27-10-12-28(13-11-27)22(30)17-6-4-3-5-7-17/h3-9,14H,10-13H2,1-2H3. The van der Waals surface area contributed by atoms with Gasteiger partial charge in [-0.1, -0.05) is 41.1 Å². The van der Waals surface area contributed by atoms with Crippen molar-refractivity contribution in [2.75, 3.05) is 31.1 Å².